The highest BCUT2D eigenvalue weighted by atomic mass is 35.5. The van der Waals surface area contributed by atoms with E-state index in [9.17, 15) is 4.79 Å². The summed E-state index contributed by atoms with van der Waals surface area (Å²) in [4.78, 5) is 14.9. The van der Waals surface area contributed by atoms with Crippen LogP contribution in [-0.4, -0.2) is 34.0 Å². The number of hydrogen-bond acceptors (Lipinski definition) is 2. The largest absolute Gasteiger partial charge is 0.342 e. The number of carbonyl (C=O) groups excluding carboxylic acids is 1. The first-order chi connectivity index (χ1) is 10.1. The van der Waals surface area contributed by atoms with E-state index in [-0.39, 0.29) is 5.91 Å². The first-order valence-electron chi connectivity index (χ1n) is 7.99. The standard InChI is InChI=1S/C16H26ClN3O/c1-3-9-19-11-12(17)10-15(19)16(21)20(4-2)14-7-5-13(18)6-8-14/h10-11,13-14H,3-9,18H2,1-2H3. The van der Waals surface area contributed by atoms with Gasteiger partial charge in [-0.3, -0.25) is 4.79 Å². The van der Waals surface area contributed by atoms with Crippen molar-refractivity contribution < 1.29 is 4.79 Å². The Kier molecular flexibility index (Phi) is 5.71. The Hall–Kier alpha value is -1.00. The topological polar surface area (TPSA) is 51.3 Å². The summed E-state index contributed by atoms with van der Waals surface area (Å²) in [7, 11) is 0. The monoisotopic (exact) mass is 311 g/mol. The van der Waals surface area contributed by atoms with E-state index >= 15 is 0 Å². The molecule has 0 radical (unpaired) electrons. The van der Waals surface area contributed by atoms with Crippen LogP contribution in [0.1, 0.15) is 56.4 Å². The quantitative estimate of drug-likeness (QED) is 0.907. The van der Waals surface area contributed by atoms with Crippen molar-refractivity contribution >= 4 is 17.5 Å². The number of aromatic nitrogens is 1. The van der Waals surface area contributed by atoms with E-state index in [4.69, 9.17) is 17.3 Å². The average molecular weight is 312 g/mol. The molecule has 1 aliphatic rings. The Morgan fingerprint density at radius 3 is 2.62 bits per heavy atom. The molecule has 5 heteroatoms. The van der Waals surface area contributed by atoms with Crippen LogP contribution >= 0.6 is 11.6 Å². The molecule has 0 aromatic carbocycles. The molecule has 0 aliphatic heterocycles. The molecule has 0 bridgehead atoms. The molecular weight excluding hydrogens is 286 g/mol. The first-order valence-corrected chi connectivity index (χ1v) is 8.36. The summed E-state index contributed by atoms with van der Waals surface area (Å²) >= 11 is 6.09. The van der Waals surface area contributed by atoms with E-state index in [1.54, 1.807) is 6.07 Å². The van der Waals surface area contributed by atoms with Gasteiger partial charge < -0.3 is 15.2 Å². The van der Waals surface area contributed by atoms with Crippen LogP contribution in [0.2, 0.25) is 5.02 Å². The fraction of sp³-hybridized carbons (Fsp3) is 0.688. The molecule has 118 valence electrons. The zero-order valence-corrected chi connectivity index (χ0v) is 13.8. The zero-order valence-electron chi connectivity index (χ0n) is 13.0. The molecule has 4 nitrogen and oxygen atoms in total. The molecule has 1 amide bonds. The van der Waals surface area contributed by atoms with Gasteiger partial charge in [0.05, 0.1) is 5.02 Å². The fourth-order valence-corrected chi connectivity index (χ4v) is 3.43. The van der Waals surface area contributed by atoms with Crippen LogP contribution in [0.4, 0.5) is 0 Å². The average Bonchev–Trinajstić information content (AvgIpc) is 2.83. The van der Waals surface area contributed by atoms with Crippen molar-refractivity contribution in [3.63, 3.8) is 0 Å². The molecule has 2 rings (SSSR count). The highest BCUT2D eigenvalue weighted by Crippen LogP contribution is 2.25. The lowest BCUT2D eigenvalue weighted by molar-refractivity contribution is 0.0629. The van der Waals surface area contributed by atoms with Gasteiger partial charge in [0.25, 0.3) is 5.91 Å². The van der Waals surface area contributed by atoms with Gasteiger partial charge in [-0.25, -0.2) is 0 Å². The molecule has 1 aliphatic carbocycles. The summed E-state index contributed by atoms with van der Waals surface area (Å²) in [5.41, 5.74) is 6.67. The van der Waals surface area contributed by atoms with E-state index in [0.29, 0.717) is 22.8 Å². The van der Waals surface area contributed by atoms with Gasteiger partial charge in [-0.1, -0.05) is 18.5 Å². The Balaban J connectivity index is 2.16. The fourth-order valence-electron chi connectivity index (χ4n) is 3.21. The third-order valence-corrected chi connectivity index (χ3v) is 4.54. The molecule has 0 spiro atoms. The van der Waals surface area contributed by atoms with E-state index in [2.05, 4.69) is 6.92 Å². The predicted octanol–water partition coefficient (Wildman–Crippen LogP) is 3.28. The maximum Gasteiger partial charge on any atom is 0.270 e. The molecule has 1 heterocycles. The molecule has 1 aromatic heterocycles. The van der Waals surface area contributed by atoms with Gasteiger partial charge >= 0.3 is 0 Å². The van der Waals surface area contributed by atoms with Gasteiger partial charge in [-0.15, -0.1) is 0 Å². The summed E-state index contributed by atoms with van der Waals surface area (Å²) in [6.07, 6.45) is 6.85. The van der Waals surface area contributed by atoms with Crippen molar-refractivity contribution in [3.8, 4) is 0 Å². The van der Waals surface area contributed by atoms with Crippen LogP contribution in [0, 0.1) is 0 Å². The Bertz CT molecular complexity index is 478. The lowest BCUT2D eigenvalue weighted by atomic mass is 9.90. The van der Waals surface area contributed by atoms with E-state index < -0.39 is 0 Å². The van der Waals surface area contributed by atoms with E-state index in [1.807, 2.05) is 22.6 Å². The van der Waals surface area contributed by atoms with Gasteiger partial charge in [0.2, 0.25) is 0 Å². The minimum Gasteiger partial charge on any atom is -0.342 e. The Morgan fingerprint density at radius 2 is 2.05 bits per heavy atom. The number of carbonyl (C=O) groups is 1. The van der Waals surface area contributed by atoms with E-state index in [0.717, 1.165) is 45.2 Å². The molecule has 1 saturated carbocycles. The molecule has 1 aromatic rings. The van der Waals surface area contributed by atoms with Crippen molar-refractivity contribution in [3.05, 3.63) is 23.0 Å². The minimum atomic E-state index is 0.0957. The van der Waals surface area contributed by atoms with Crippen LogP contribution in [0.3, 0.4) is 0 Å². The molecular formula is C16H26ClN3O. The number of rotatable bonds is 5. The van der Waals surface area contributed by atoms with Crippen LogP contribution < -0.4 is 5.73 Å². The summed E-state index contributed by atoms with van der Waals surface area (Å²) in [5, 5.41) is 0.633. The summed E-state index contributed by atoms with van der Waals surface area (Å²) in [6.45, 7) is 5.69. The minimum absolute atomic E-state index is 0.0957. The number of nitrogens with zero attached hydrogens (tertiary/aromatic N) is 2. The van der Waals surface area contributed by atoms with Crippen molar-refractivity contribution in [2.24, 2.45) is 5.73 Å². The molecule has 0 atom stereocenters. The number of hydrogen-bond donors (Lipinski definition) is 1. The van der Waals surface area contributed by atoms with Gasteiger partial charge in [-0.05, 0) is 45.1 Å². The number of halogens is 1. The number of amides is 1. The lowest BCUT2D eigenvalue weighted by Gasteiger charge is -2.35. The molecule has 21 heavy (non-hydrogen) atoms. The van der Waals surface area contributed by atoms with Crippen molar-refractivity contribution in [2.45, 2.75) is 64.6 Å². The normalized spacial score (nSPS) is 22.3. The number of nitrogens with two attached hydrogens (primary N) is 1. The summed E-state index contributed by atoms with van der Waals surface area (Å²) < 4.78 is 1.97. The first kappa shape index (κ1) is 16.4. The Labute approximate surface area is 132 Å². The van der Waals surface area contributed by atoms with Crippen LogP contribution in [0.15, 0.2) is 12.3 Å². The van der Waals surface area contributed by atoms with Crippen molar-refractivity contribution in [1.82, 2.24) is 9.47 Å². The van der Waals surface area contributed by atoms with Gasteiger partial charge in [-0.2, -0.15) is 0 Å². The smallest absolute Gasteiger partial charge is 0.270 e. The van der Waals surface area contributed by atoms with Crippen LogP contribution in [-0.2, 0) is 6.54 Å². The maximum atomic E-state index is 12.9. The molecule has 0 saturated heterocycles. The second-order valence-corrected chi connectivity index (χ2v) is 6.33. The summed E-state index contributed by atoms with van der Waals surface area (Å²) in [6, 6.07) is 2.40. The van der Waals surface area contributed by atoms with Gasteiger partial charge in [0.1, 0.15) is 5.69 Å². The van der Waals surface area contributed by atoms with Crippen molar-refractivity contribution in [2.75, 3.05) is 6.54 Å². The third-order valence-electron chi connectivity index (χ3n) is 4.33. The molecule has 2 N–H and O–H groups in total. The SMILES string of the molecule is CCCn1cc(Cl)cc1C(=O)N(CC)C1CCC(N)CC1. The Morgan fingerprint density at radius 1 is 1.38 bits per heavy atom. The zero-order chi connectivity index (χ0) is 15.4. The van der Waals surface area contributed by atoms with Crippen molar-refractivity contribution in [1.29, 1.82) is 0 Å². The van der Waals surface area contributed by atoms with Gasteiger partial charge in [0.15, 0.2) is 0 Å². The summed E-state index contributed by atoms with van der Waals surface area (Å²) in [5.74, 6) is 0.0957. The molecule has 1 fully saturated rings. The highest BCUT2D eigenvalue weighted by Gasteiger charge is 2.28. The maximum absolute atomic E-state index is 12.9. The van der Waals surface area contributed by atoms with E-state index in [1.165, 1.54) is 0 Å². The van der Waals surface area contributed by atoms with Crippen LogP contribution in [0.25, 0.3) is 0 Å². The van der Waals surface area contributed by atoms with Gasteiger partial charge in [0, 0.05) is 31.4 Å². The third kappa shape index (κ3) is 3.80. The second-order valence-electron chi connectivity index (χ2n) is 5.90. The lowest BCUT2D eigenvalue weighted by Crippen LogP contribution is -2.44. The van der Waals surface area contributed by atoms with Crippen LogP contribution in [0.5, 0.6) is 0 Å². The molecule has 0 unspecified atom stereocenters. The predicted molar refractivity (Wildman–Crippen MR) is 86.7 cm³/mol. The highest BCUT2D eigenvalue weighted by molar-refractivity contribution is 6.31. The number of aryl methyl sites for hydroxylation is 1. The second kappa shape index (κ2) is 7.32.